The Morgan fingerprint density at radius 1 is 1.03 bits per heavy atom. The van der Waals surface area contributed by atoms with Crippen molar-refractivity contribution in [3.63, 3.8) is 0 Å². The molecule has 0 radical (unpaired) electrons. The molecule has 1 N–H and O–H groups in total. The zero-order valence-corrected chi connectivity index (χ0v) is 20.3. The smallest absolute Gasteiger partial charge is 0.156 e. The van der Waals surface area contributed by atoms with Gasteiger partial charge in [0.15, 0.2) is 5.82 Å². The Morgan fingerprint density at radius 3 is 2.61 bits per heavy atom. The Balaban J connectivity index is 1.63. The maximum Gasteiger partial charge on any atom is 0.156 e. The highest BCUT2D eigenvalue weighted by molar-refractivity contribution is 5.99. The van der Waals surface area contributed by atoms with Crippen LogP contribution >= 0.6 is 0 Å². The van der Waals surface area contributed by atoms with Crippen LogP contribution in [-0.2, 0) is 7.05 Å². The third-order valence-corrected chi connectivity index (χ3v) is 5.71. The first-order chi connectivity index (χ1) is 17.3. The number of hydrogen-bond acceptors (Lipinski definition) is 7. The van der Waals surface area contributed by atoms with Crippen LogP contribution in [0.5, 0.6) is 5.75 Å². The highest BCUT2D eigenvalue weighted by Gasteiger charge is 2.18. The first-order valence-corrected chi connectivity index (χ1v) is 11.4. The van der Waals surface area contributed by atoms with Crippen LogP contribution < -0.4 is 10.1 Å². The SMILES string of the molecule is C[C@H](CN(C)C)Oc1cc(-c2cnn(C)c2)cc2ncnc(Nc3ccc4ncc(F)cc4c3F)c12. The molecule has 0 saturated carbocycles. The molecule has 5 aromatic rings. The minimum Gasteiger partial charge on any atom is -0.489 e. The highest BCUT2D eigenvalue weighted by atomic mass is 19.1. The summed E-state index contributed by atoms with van der Waals surface area (Å²) in [5.41, 5.74) is 2.90. The molecule has 0 aliphatic rings. The van der Waals surface area contributed by atoms with E-state index in [2.05, 4.69) is 25.4 Å². The molecule has 0 aliphatic heterocycles. The summed E-state index contributed by atoms with van der Waals surface area (Å²) < 4.78 is 37.1. The van der Waals surface area contributed by atoms with Crippen LogP contribution in [0.2, 0.25) is 0 Å². The van der Waals surface area contributed by atoms with Gasteiger partial charge >= 0.3 is 0 Å². The van der Waals surface area contributed by atoms with Crippen LogP contribution in [0.15, 0.2) is 55.2 Å². The van der Waals surface area contributed by atoms with Gasteiger partial charge in [-0.25, -0.2) is 18.7 Å². The maximum atomic E-state index is 15.3. The fourth-order valence-electron chi connectivity index (χ4n) is 4.21. The van der Waals surface area contributed by atoms with Gasteiger partial charge in [-0.3, -0.25) is 9.67 Å². The fourth-order valence-corrected chi connectivity index (χ4v) is 4.21. The summed E-state index contributed by atoms with van der Waals surface area (Å²) in [5, 5.41) is 8.01. The number of aryl methyl sites for hydroxylation is 1. The average molecular weight is 490 g/mol. The molecule has 0 fully saturated rings. The second kappa shape index (κ2) is 9.46. The quantitative estimate of drug-likeness (QED) is 0.347. The van der Waals surface area contributed by atoms with Crippen LogP contribution in [0.3, 0.4) is 0 Å². The van der Waals surface area contributed by atoms with Crippen molar-refractivity contribution in [1.82, 2.24) is 29.6 Å². The molecular weight excluding hydrogens is 464 g/mol. The molecule has 0 saturated heterocycles. The topological polar surface area (TPSA) is 81.0 Å². The minimum atomic E-state index is -0.623. The molecule has 0 bridgehead atoms. The predicted molar refractivity (Wildman–Crippen MR) is 135 cm³/mol. The number of hydrogen-bond donors (Lipinski definition) is 1. The van der Waals surface area contributed by atoms with Crippen LogP contribution in [-0.4, -0.2) is 56.4 Å². The zero-order valence-electron chi connectivity index (χ0n) is 20.3. The van der Waals surface area contributed by atoms with E-state index in [4.69, 9.17) is 4.74 Å². The number of nitrogens with zero attached hydrogens (tertiary/aromatic N) is 6. The molecule has 1 atom stereocenters. The van der Waals surface area contributed by atoms with E-state index in [1.807, 2.05) is 51.3 Å². The average Bonchev–Trinajstić information content (AvgIpc) is 3.27. The largest absolute Gasteiger partial charge is 0.489 e. The molecular formula is C26H25F2N7O. The van der Waals surface area contributed by atoms with Crippen molar-refractivity contribution >= 4 is 33.3 Å². The third kappa shape index (κ3) is 4.67. The summed E-state index contributed by atoms with van der Waals surface area (Å²) in [6, 6.07) is 8.13. The Kier molecular flexibility index (Phi) is 6.19. The number of likely N-dealkylation sites (N-methyl/N-ethyl adjacent to an activating group) is 1. The molecule has 10 heteroatoms. The van der Waals surface area contributed by atoms with Gasteiger partial charge in [0.25, 0.3) is 0 Å². The monoisotopic (exact) mass is 489 g/mol. The molecule has 0 spiro atoms. The molecule has 8 nitrogen and oxygen atoms in total. The van der Waals surface area contributed by atoms with E-state index in [1.54, 1.807) is 23.0 Å². The molecule has 0 unspecified atom stereocenters. The van der Waals surface area contributed by atoms with Gasteiger partial charge in [0.05, 0.1) is 34.5 Å². The van der Waals surface area contributed by atoms with Gasteiger partial charge in [0, 0.05) is 30.7 Å². The van der Waals surface area contributed by atoms with Crippen LogP contribution in [0, 0.1) is 11.6 Å². The Hall–Kier alpha value is -4.18. The van der Waals surface area contributed by atoms with E-state index < -0.39 is 11.6 Å². The summed E-state index contributed by atoms with van der Waals surface area (Å²) >= 11 is 0. The van der Waals surface area contributed by atoms with Crippen molar-refractivity contribution in [3.8, 4) is 16.9 Å². The summed E-state index contributed by atoms with van der Waals surface area (Å²) in [4.78, 5) is 14.8. The molecule has 0 aliphatic carbocycles. The lowest BCUT2D eigenvalue weighted by atomic mass is 10.1. The highest BCUT2D eigenvalue weighted by Crippen LogP contribution is 2.37. The van der Waals surface area contributed by atoms with Crippen molar-refractivity contribution in [1.29, 1.82) is 0 Å². The Bertz CT molecular complexity index is 1570. The maximum absolute atomic E-state index is 15.3. The van der Waals surface area contributed by atoms with Gasteiger partial charge in [0.2, 0.25) is 0 Å². The first kappa shape index (κ1) is 23.6. The summed E-state index contributed by atoms with van der Waals surface area (Å²) in [5.74, 6) is -0.314. The normalized spacial score (nSPS) is 12.4. The van der Waals surface area contributed by atoms with Gasteiger partial charge in [-0.2, -0.15) is 5.10 Å². The third-order valence-electron chi connectivity index (χ3n) is 5.71. The lowest BCUT2D eigenvalue weighted by Crippen LogP contribution is -2.28. The van der Waals surface area contributed by atoms with Gasteiger partial charge < -0.3 is 15.0 Å². The Labute approximate surface area is 206 Å². The van der Waals surface area contributed by atoms with Gasteiger partial charge in [-0.15, -0.1) is 0 Å². The lowest BCUT2D eigenvalue weighted by Gasteiger charge is -2.21. The van der Waals surface area contributed by atoms with E-state index in [9.17, 15) is 4.39 Å². The first-order valence-electron chi connectivity index (χ1n) is 11.4. The fraction of sp³-hybridized carbons (Fsp3) is 0.231. The van der Waals surface area contributed by atoms with Crippen LogP contribution in [0.1, 0.15) is 6.92 Å². The second-order valence-electron chi connectivity index (χ2n) is 8.96. The van der Waals surface area contributed by atoms with E-state index in [0.717, 1.165) is 23.4 Å². The van der Waals surface area contributed by atoms with E-state index in [1.165, 1.54) is 6.33 Å². The number of rotatable bonds is 7. The van der Waals surface area contributed by atoms with Gasteiger partial charge in [-0.05, 0) is 56.9 Å². The number of anilines is 2. The molecule has 0 amide bonds. The van der Waals surface area contributed by atoms with Crippen molar-refractivity contribution < 1.29 is 13.5 Å². The molecule has 36 heavy (non-hydrogen) atoms. The number of benzene rings is 2. The number of fused-ring (bicyclic) bond motifs is 2. The molecule has 3 aromatic heterocycles. The Morgan fingerprint density at radius 2 is 1.86 bits per heavy atom. The summed E-state index contributed by atoms with van der Waals surface area (Å²) in [6.07, 6.45) is 6.00. The van der Waals surface area contributed by atoms with Gasteiger partial charge in [-0.1, -0.05) is 0 Å². The van der Waals surface area contributed by atoms with Crippen molar-refractivity contribution in [2.24, 2.45) is 7.05 Å². The number of nitrogens with one attached hydrogen (secondary N) is 1. The molecule has 184 valence electrons. The molecule has 5 rings (SSSR count). The van der Waals surface area contributed by atoms with E-state index in [-0.39, 0.29) is 17.2 Å². The standard InChI is InChI=1S/C26H25F2N7O/c1-15(12-34(2)3)36-23-8-16(17-10-32-35(4)13-17)7-22-24(23)26(31-14-30-22)33-21-6-5-20-19(25(21)28)9-18(27)11-29-20/h5-11,13-15H,12H2,1-4H3,(H,30,31,33)/t15-/m1/s1. The van der Waals surface area contributed by atoms with Crippen molar-refractivity contribution in [3.05, 3.63) is 66.9 Å². The summed E-state index contributed by atoms with van der Waals surface area (Å²) in [6.45, 7) is 2.66. The number of halogens is 2. The molecule has 3 heterocycles. The minimum absolute atomic E-state index is 0.0771. The number of aromatic nitrogens is 5. The van der Waals surface area contributed by atoms with Crippen LogP contribution in [0.4, 0.5) is 20.3 Å². The van der Waals surface area contributed by atoms with Gasteiger partial charge in [0.1, 0.15) is 29.8 Å². The zero-order chi connectivity index (χ0) is 25.4. The summed E-state index contributed by atoms with van der Waals surface area (Å²) in [7, 11) is 5.80. The van der Waals surface area contributed by atoms with E-state index in [0.29, 0.717) is 34.5 Å². The van der Waals surface area contributed by atoms with Crippen molar-refractivity contribution in [2.45, 2.75) is 13.0 Å². The number of ether oxygens (including phenoxy) is 1. The van der Waals surface area contributed by atoms with Crippen LogP contribution in [0.25, 0.3) is 32.9 Å². The lowest BCUT2D eigenvalue weighted by molar-refractivity contribution is 0.179. The van der Waals surface area contributed by atoms with E-state index >= 15 is 4.39 Å². The second-order valence-corrected chi connectivity index (χ2v) is 8.96. The van der Waals surface area contributed by atoms with Crippen molar-refractivity contribution in [2.75, 3.05) is 26.0 Å². The number of pyridine rings is 1. The molecule has 2 aromatic carbocycles. The predicted octanol–water partition coefficient (Wildman–Crippen LogP) is 4.93.